The Balaban J connectivity index is 1.55. The molecule has 3 aromatic rings. The van der Waals surface area contributed by atoms with Crippen LogP contribution in [0.15, 0.2) is 68.5 Å². The van der Waals surface area contributed by atoms with E-state index in [1.54, 1.807) is 48.7 Å². The van der Waals surface area contributed by atoms with Crippen LogP contribution in [0, 0.1) is 0 Å². The molecule has 1 fully saturated rings. The van der Waals surface area contributed by atoms with Crippen LogP contribution in [0.1, 0.15) is 21.9 Å². The molecule has 1 aromatic carbocycles. The third-order valence-electron chi connectivity index (χ3n) is 4.05. The van der Waals surface area contributed by atoms with E-state index in [1.165, 1.54) is 28.8 Å². The van der Waals surface area contributed by atoms with Crippen molar-refractivity contribution in [3.63, 3.8) is 0 Å². The molecule has 1 amide bonds. The molecule has 2 aromatic heterocycles. The van der Waals surface area contributed by atoms with Gasteiger partial charge in [-0.15, -0.1) is 0 Å². The average molecular weight is 410 g/mol. The molecule has 8 heteroatoms. The lowest BCUT2D eigenvalue weighted by atomic mass is 10.1. The van der Waals surface area contributed by atoms with Crippen molar-refractivity contribution in [3.05, 3.63) is 76.8 Å². The zero-order chi connectivity index (χ0) is 19.7. The Bertz CT molecular complexity index is 1100. The van der Waals surface area contributed by atoms with Crippen LogP contribution in [0.2, 0.25) is 0 Å². The van der Waals surface area contributed by atoms with Crippen LogP contribution in [0.4, 0.5) is 0 Å². The van der Waals surface area contributed by atoms with E-state index in [1.807, 2.05) is 0 Å². The number of thioether (sulfide) groups is 1. The maximum absolute atomic E-state index is 12.6. The first kappa shape index (κ1) is 18.3. The molecule has 0 aliphatic carbocycles. The highest BCUT2D eigenvalue weighted by Gasteiger charge is 2.32. The minimum atomic E-state index is -1.26. The third-order valence-corrected chi connectivity index (χ3v) is 5.43. The Morgan fingerprint density at radius 1 is 1.21 bits per heavy atom. The second-order valence-electron chi connectivity index (χ2n) is 5.92. The molecule has 1 saturated heterocycles. The van der Waals surface area contributed by atoms with Crippen molar-refractivity contribution in [1.29, 1.82) is 0 Å². The SMILES string of the molecule is O=C([O-])c1cccc(-c2ccc(/C=C3/SC(=S)N(Cc4ccco4)C3=O)o2)c1. The first-order valence-corrected chi connectivity index (χ1v) is 9.43. The van der Waals surface area contributed by atoms with E-state index in [2.05, 4.69) is 0 Å². The molecule has 0 N–H and O–H groups in total. The van der Waals surface area contributed by atoms with Crippen molar-refractivity contribution in [3.8, 4) is 11.3 Å². The summed E-state index contributed by atoms with van der Waals surface area (Å²) in [7, 11) is 0. The number of thiocarbonyl (C=S) groups is 1. The molecule has 3 heterocycles. The molecule has 6 nitrogen and oxygen atoms in total. The molecule has 0 bridgehead atoms. The third kappa shape index (κ3) is 3.64. The molecule has 0 saturated carbocycles. The van der Waals surface area contributed by atoms with Crippen molar-refractivity contribution >= 4 is 46.3 Å². The van der Waals surface area contributed by atoms with E-state index in [4.69, 9.17) is 21.1 Å². The van der Waals surface area contributed by atoms with Crippen molar-refractivity contribution in [2.24, 2.45) is 0 Å². The highest BCUT2D eigenvalue weighted by Crippen LogP contribution is 2.34. The lowest BCUT2D eigenvalue weighted by molar-refractivity contribution is -0.255. The van der Waals surface area contributed by atoms with Gasteiger partial charge < -0.3 is 18.7 Å². The van der Waals surface area contributed by atoms with Crippen LogP contribution in [-0.4, -0.2) is 21.1 Å². The van der Waals surface area contributed by atoms with Gasteiger partial charge in [0.2, 0.25) is 0 Å². The number of carboxylic acid groups (broad SMARTS) is 1. The topological polar surface area (TPSA) is 86.7 Å². The van der Waals surface area contributed by atoms with E-state index in [0.717, 1.165) is 0 Å². The minimum absolute atomic E-state index is 0.0641. The number of carbonyl (C=O) groups excluding carboxylic acids is 2. The van der Waals surface area contributed by atoms with E-state index in [-0.39, 0.29) is 18.0 Å². The number of rotatable bonds is 5. The maximum Gasteiger partial charge on any atom is 0.266 e. The normalized spacial score (nSPS) is 15.6. The van der Waals surface area contributed by atoms with E-state index >= 15 is 0 Å². The van der Waals surface area contributed by atoms with Crippen molar-refractivity contribution < 1.29 is 23.5 Å². The van der Waals surface area contributed by atoms with Gasteiger partial charge in [0.1, 0.15) is 21.6 Å². The summed E-state index contributed by atoms with van der Waals surface area (Å²) in [5, 5.41) is 11.0. The number of carbonyl (C=O) groups is 2. The summed E-state index contributed by atoms with van der Waals surface area (Å²) < 4.78 is 11.5. The highest BCUT2D eigenvalue weighted by atomic mass is 32.2. The first-order valence-electron chi connectivity index (χ1n) is 8.20. The first-order chi connectivity index (χ1) is 13.5. The largest absolute Gasteiger partial charge is 0.545 e. The van der Waals surface area contributed by atoms with Gasteiger partial charge in [-0.05, 0) is 35.9 Å². The summed E-state index contributed by atoms with van der Waals surface area (Å²) in [6.07, 6.45) is 3.16. The van der Waals surface area contributed by atoms with Gasteiger partial charge in [-0.1, -0.05) is 42.2 Å². The average Bonchev–Trinajstić information content (AvgIpc) is 3.41. The van der Waals surface area contributed by atoms with Gasteiger partial charge in [0.15, 0.2) is 0 Å². The van der Waals surface area contributed by atoms with Crippen LogP contribution < -0.4 is 5.11 Å². The fraction of sp³-hybridized carbons (Fsp3) is 0.0500. The second-order valence-corrected chi connectivity index (χ2v) is 7.59. The van der Waals surface area contributed by atoms with E-state index in [9.17, 15) is 14.7 Å². The van der Waals surface area contributed by atoms with Crippen LogP contribution in [0.5, 0.6) is 0 Å². The lowest BCUT2D eigenvalue weighted by Crippen LogP contribution is -2.27. The lowest BCUT2D eigenvalue weighted by Gasteiger charge is -2.11. The number of carboxylic acids is 1. The van der Waals surface area contributed by atoms with Gasteiger partial charge in [0.25, 0.3) is 5.91 Å². The molecular formula is C20H12NO5S2-. The number of hydrogen-bond acceptors (Lipinski definition) is 7. The molecule has 0 atom stereocenters. The van der Waals surface area contributed by atoms with Gasteiger partial charge in [0, 0.05) is 11.6 Å². The van der Waals surface area contributed by atoms with Crippen molar-refractivity contribution in [1.82, 2.24) is 4.90 Å². The fourth-order valence-electron chi connectivity index (χ4n) is 2.71. The van der Waals surface area contributed by atoms with E-state index < -0.39 is 5.97 Å². The van der Waals surface area contributed by atoms with Gasteiger partial charge in [-0.2, -0.15) is 0 Å². The van der Waals surface area contributed by atoms with Crippen LogP contribution in [0.3, 0.4) is 0 Å². The van der Waals surface area contributed by atoms with Gasteiger partial charge >= 0.3 is 0 Å². The van der Waals surface area contributed by atoms with Crippen molar-refractivity contribution in [2.45, 2.75) is 6.54 Å². The monoisotopic (exact) mass is 410 g/mol. The quantitative estimate of drug-likeness (QED) is 0.471. The predicted molar refractivity (Wildman–Crippen MR) is 106 cm³/mol. The number of aromatic carboxylic acids is 1. The Labute approximate surface area is 169 Å². The number of amides is 1. The fourth-order valence-corrected chi connectivity index (χ4v) is 3.94. The van der Waals surface area contributed by atoms with Crippen LogP contribution in [-0.2, 0) is 11.3 Å². The molecular weight excluding hydrogens is 398 g/mol. The zero-order valence-electron chi connectivity index (χ0n) is 14.3. The van der Waals surface area contributed by atoms with Crippen LogP contribution in [0.25, 0.3) is 17.4 Å². The molecule has 1 aliphatic rings. The number of nitrogens with zero attached hydrogens (tertiary/aromatic N) is 1. The summed E-state index contributed by atoms with van der Waals surface area (Å²) >= 11 is 6.49. The molecule has 0 radical (unpaired) electrons. The number of hydrogen-bond donors (Lipinski definition) is 0. The summed E-state index contributed by atoms with van der Waals surface area (Å²) in [4.78, 5) is 25.6. The summed E-state index contributed by atoms with van der Waals surface area (Å²) in [5.74, 6) is 0.121. The second kappa shape index (κ2) is 7.49. The summed E-state index contributed by atoms with van der Waals surface area (Å²) in [5.41, 5.74) is 0.668. The summed E-state index contributed by atoms with van der Waals surface area (Å²) in [6, 6.07) is 13.2. The Hall–Kier alpha value is -3.10. The number of benzene rings is 1. The van der Waals surface area contributed by atoms with E-state index in [0.29, 0.717) is 32.1 Å². The zero-order valence-corrected chi connectivity index (χ0v) is 15.9. The standard InChI is InChI=1S/C20H13NO5S2/c22-18-17(28-20(27)21(18)11-15-5-2-8-25-15)10-14-6-7-16(26-14)12-3-1-4-13(9-12)19(23)24/h1-10H,11H2,(H,23,24)/p-1/b17-10+. The number of furan rings is 2. The molecule has 140 valence electrons. The maximum atomic E-state index is 12.6. The van der Waals surface area contributed by atoms with Gasteiger partial charge in [-0.25, -0.2) is 0 Å². The molecule has 1 aliphatic heterocycles. The van der Waals surface area contributed by atoms with Gasteiger partial charge in [0.05, 0.1) is 23.7 Å². The predicted octanol–water partition coefficient (Wildman–Crippen LogP) is 3.30. The summed E-state index contributed by atoms with van der Waals surface area (Å²) in [6.45, 7) is 0.272. The smallest absolute Gasteiger partial charge is 0.266 e. The minimum Gasteiger partial charge on any atom is -0.545 e. The molecule has 28 heavy (non-hydrogen) atoms. The molecule has 4 rings (SSSR count). The van der Waals surface area contributed by atoms with Crippen LogP contribution >= 0.6 is 24.0 Å². The Morgan fingerprint density at radius 2 is 2.07 bits per heavy atom. The molecule has 0 unspecified atom stereocenters. The van der Waals surface area contributed by atoms with Gasteiger partial charge in [-0.3, -0.25) is 9.69 Å². The Kier molecular flexibility index (Phi) is 4.89. The Morgan fingerprint density at radius 3 is 2.82 bits per heavy atom. The van der Waals surface area contributed by atoms with Crippen molar-refractivity contribution in [2.75, 3.05) is 0 Å². The highest BCUT2D eigenvalue weighted by molar-refractivity contribution is 8.26. The molecule has 0 spiro atoms.